The quantitative estimate of drug-likeness (QED) is 0.319. The van der Waals surface area contributed by atoms with Gasteiger partial charge in [0.2, 0.25) is 5.69 Å². The molecule has 0 fully saturated rings. The van der Waals surface area contributed by atoms with Crippen LogP contribution in [0.5, 0.6) is 0 Å². The third-order valence-electron chi connectivity index (χ3n) is 5.84. The second kappa shape index (κ2) is 7.07. The van der Waals surface area contributed by atoms with E-state index in [4.69, 9.17) is 4.42 Å². The summed E-state index contributed by atoms with van der Waals surface area (Å²) >= 11 is 0. The predicted octanol–water partition coefficient (Wildman–Crippen LogP) is 6.37. The lowest BCUT2D eigenvalue weighted by molar-refractivity contribution is -0.661. The van der Waals surface area contributed by atoms with Gasteiger partial charge in [-0.1, -0.05) is 42.5 Å². The smallest absolute Gasteiger partial charge is 0.219 e. The van der Waals surface area contributed by atoms with Crippen molar-refractivity contribution in [2.45, 2.75) is 13.8 Å². The SMILES string of the molecule is Cc1c[n+](C)c(-c2c(C)ccc3c2oc2cc(-c4ccccc4)cc(C#N)c23)cc1F. The molecule has 31 heavy (non-hydrogen) atoms. The molecule has 0 atom stereocenters. The van der Waals surface area contributed by atoms with Gasteiger partial charge in [0.1, 0.15) is 24.0 Å². The third-order valence-corrected chi connectivity index (χ3v) is 5.84. The van der Waals surface area contributed by atoms with Crippen LogP contribution in [0.15, 0.2) is 71.3 Å². The van der Waals surface area contributed by atoms with E-state index < -0.39 is 0 Å². The van der Waals surface area contributed by atoms with Crippen LogP contribution >= 0.6 is 0 Å². The maximum Gasteiger partial charge on any atom is 0.219 e. The summed E-state index contributed by atoms with van der Waals surface area (Å²) in [6, 6.07) is 21.7. The van der Waals surface area contributed by atoms with E-state index in [9.17, 15) is 9.65 Å². The average molecular weight is 407 g/mol. The minimum atomic E-state index is -0.260. The van der Waals surface area contributed by atoms with E-state index in [0.717, 1.165) is 38.7 Å². The summed E-state index contributed by atoms with van der Waals surface area (Å²) in [5.41, 5.74) is 6.94. The van der Waals surface area contributed by atoms with E-state index in [1.807, 2.05) is 73.1 Å². The van der Waals surface area contributed by atoms with E-state index in [1.54, 1.807) is 19.2 Å². The number of aryl methyl sites for hydroxylation is 3. The molecule has 2 aromatic heterocycles. The van der Waals surface area contributed by atoms with Crippen LogP contribution in [0.2, 0.25) is 0 Å². The Morgan fingerprint density at radius 2 is 1.71 bits per heavy atom. The van der Waals surface area contributed by atoms with Gasteiger partial charge in [-0.15, -0.1) is 0 Å². The summed E-state index contributed by atoms with van der Waals surface area (Å²) in [6.07, 6.45) is 1.78. The van der Waals surface area contributed by atoms with Gasteiger partial charge >= 0.3 is 0 Å². The summed E-state index contributed by atoms with van der Waals surface area (Å²) in [7, 11) is 1.90. The van der Waals surface area contributed by atoms with Crippen molar-refractivity contribution < 1.29 is 13.4 Å². The first kappa shape index (κ1) is 19.0. The first-order valence-corrected chi connectivity index (χ1v) is 10.1. The molecule has 0 aliphatic heterocycles. The Morgan fingerprint density at radius 3 is 2.45 bits per heavy atom. The number of nitrogens with zero attached hydrogens (tertiary/aromatic N) is 2. The molecule has 5 aromatic rings. The zero-order chi connectivity index (χ0) is 21.7. The average Bonchev–Trinajstić information content (AvgIpc) is 3.15. The second-order valence-electron chi connectivity index (χ2n) is 7.91. The lowest BCUT2D eigenvalue weighted by Gasteiger charge is -2.06. The number of hydrogen-bond donors (Lipinski definition) is 0. The van der Waals surface area contributed by atoms with Gasteiger partial charge in [0, 0.05) is 22.4 Å². The molecule has 0 bridgehead atoms. The van der Waals surface area contributed by atoms with Crippen LogP contribution in [-0.2, 0) is 7.05 Å². The second-order valence-corrected chi connectivity index (χ2v) is 7.91. The lowest BCUT2D eigenvalue weighted by Crippen LogP contribution is -2.31. The molecule has 0 saturated heterocycles. The van der Waals surface area contributed by atoms with Gasteiger partial charge in [0.25, 0.3) is 0 Å². The molecule has 3 nitrogen and oxygen atoms in total. The highest BCUT2D eigenvalue weighted by Crippen LogP contribution is 2.40. The Balaban J connectivity index is 1.87. The van der Waals surface area contributed by atoms with Gasteiger partial charge in [0.05, 0.1) is 17.2 Å². The first-order chi connectivity index (χ1) is 15.0. The summed E-state index contributed by atoms with van der Waals surface area (Å²) < 4.78 is 22.7. The molecule has 4 heteroatoms. The molecule has 0 aliphatic rings. The summed E-state index contributed by atoms with van der Waals surface area (Å²) in [6.45, 7) is 3.73. The van der Waals surface area contributed by atoms with Gasteiger partial charge in [-0.2, -0.15) is 5.26 Å². The number of furan rings is 1. The van der Waals surface area contributed by atoms with Crippen LogP contribution in [0.4, 0.5) is 4.39 Å². The van der Waals surface area contributed by atoms with Crippen molar-refractivity contribution in [3.8, 4) is 28.5 Å². The molecule has 0 N–H and O–H groups in total. The minimum Gasteiger partial charge on any atom is -0.455 e. The third kappa shape index (κ3) is 2.98. The number of rotatable bonds is 2. The van der Waals surface area contributed by atoms with Gasteiger partial charge in [0.15, 0.2) is 6.20 Å². The van der Waals surface area contributed by atoms with Crippen LogP contribution in [0, 0.1) is 31.0 Å². The van der Waals surface area contributed by atoms with Crippen molar-refractivity contribution in [3.63, 3.8) is 0 Å². The first-order valence-electron chi connectivity index (χ1n) is 10.1. The van der Waals surface area contributed by atoms with Crippen molar-refractivity contribution in [3.05, 3.63) is 89.4 Å². The molecular formula is C27H20FN2O+. The summed E-state index contributed by atoms with van der Waals surface area (Å²) in [4.78, 5) is 0. The molecule has 5 rings (SSSR count). The molecule has 3 aromatic carbocycles. The highest BCUT2D eigenvalue weighted by Gasteiger charge is 2.23. The topological polar surface area (TPSA) is 40.8 Å². The van der Waals surface area contributed by atoms with E-state index in [2.05, 4.69) is 6.07 Å². The Labute approximate surface area is 179 Å². The zero-order valence-electron chi connectivity index (χ0n) is 17.5. The molecular weight excluding hydrogens is 387 g/mol. The predicted molar refractivity (Wildman–Crippen MR) is 120 cm³/mol. The largest absolute Gasteiger partial charge is 0.455 e. The lowest BCUT2D eigenvalue weighted by atomic mass is 9.97. The maximum absolute atomic E-state index is 14.5. The molecule has 0 radical (unpaired) electrons. The van der Waals surface area contributed by atoms with Crippen molar-refractivity contribution in [1.82, 2.24) is 0 Å². The summed E-state index contributed by atoms with van der Waals surface area (Å²) in [5.74, 6) is -0.260. The van der Waals surface area contributed by atoms with Crippen LogP contribution in [0.25, 0.3) is 44.3 Å². The molecule has 0 spiro atoms. The maximum atomic E-state index is 14.5. The van der Waals surface area contributed by atoms with E-state index in [1.165, 1.54) is 0 Å². The molecule has 2 heterocycles. The number of pyridine rings is 1. The summed E-state index contributed by atoms with van der Waals surface area (Å²) in [5, 5.41) is 11.5. The van der Waals surface area contributed by atoms with Crippen LogP contribution in [0.3, 0.4) is 0 Å². The van der Waals surface area contributed by atoms with E-state index in [0.29, 0.717) is 22.3 Å². The fraction of sp³-hybridized carbons (Fsp3) is 0.111. The van der Waals surface area contributed by atoms with E-state index >= 15 is 0 Å². The molecule has 0 saturated carbocycles. The molecule has 150 valence electrons. The Hall–Kier alpha value is -3.97. The number of hydrogen-bond acceptors (Lipinski definition) is 2. The monoisotopic (exact) mass is 407 g/mol. The molecule has 0 amide bonds. The highest BCUT2D eigenvalue weighted by atomic mass is 19.1. The van der Waals surface area contributed by atoms with E-state index in [-0.39, 0.29) is 5.82 Å². The number of benzene rings is 3. The van der Waals surface area contributed by atoms with Crippen molar-refractivity contribution >= 4 is 21.9 Å². The number of halogens is 1. The van der Waals surface area contributed by atoms with Crippen molar-refractivity contribution in [2.24, 2.45) is 7.05 Å². The molecule has 0 aliphatic carbocycles. The standard InChI is InChI=1S/C27H20FN2O/c1-16-9-10-21-26-20(14-29)11-19(18-7-5-4-6-8-18)12-24(26)31-27(21)25(16)23-13-22(28)17(2)15-30(23)3/h4-13,15H,1-3H3/q+1. The Morgan fingerprint density at radius 1 is 0.935 bits per heavy atom. The van der Waals surface area contributed by atoms with Crippen molar-refractivity contribution in [1.29, 1.82) is 5.26 Å². The highest BCUT2D eigenvalue weighted by molar-refractivity contribution is 6.12. The van der Waals surface area contributed by atoms with Crippen molar-refractivity contribution in [2.75, 3.05) is 0 Å². The van der Waals surface area contributed by atoms with Crippen LogP contribution < -0.4 is 4.57 Å². The minimum absolute atomic E-state index is 0.260. The fourth-order valence-corrected chi connectivity index (χ4v) is 4.28. The number of nitriles is 1. The van der Waals surface area contributed by atoms with Gasteiger partial charge in [-0.3, -0.25) is 0 Å². The van der Waals surface area contributed by atoms with Gasteiger partial charge in [-0.25, -0.2) is 8.96 Å². The fourth-order valence-electron chi connectivity index (χ4n) is 4.28. The number of aromatic nitrogens is 1. The molecule has 0 unspecified atom stereocenters. The van der Waals surface area contributed by atoms with Gasteiger partial charge in [-0.05, 0) is 42.7 Å². The Bertz CT molecular complexity index is 1530. The normalized spacial score (nSPS) is 11.2. The zero-order valence-corrected chi connectivity index (χ0v) is 17.5. The van der Waals surface area contributed by atoms with Crippen LogP contribution in [-0.4, -0.2) is 0 Å². The Kier molecular flexibility index (Phi) is 4.34. The van der Waals surface area contributed by atoms with Crippen LogP contribution in [0.1, 0.15) is 16.7 Å². The number of fused-ring (bicyclic) bond motifs is 3. The van der Waals surface area contributed by atoms with Gasteiger partial charge < -0.3 is 4.42 Å².